The molecule has 0 bridgehead atoms. The molecule has 3 atom stereocenters. The van der Waals surface area contributed by atoms with E-state index in [1.165, 1.54) is 32.1 Å². The van der Waals surface area contributed by atoms with Crippen LogP contribution in [-0.4, -0.2) is 48.6 Å². The summed E-state index contributed by atoms with van der Waals surface area (Å²) in [5.74, 6) is 0.711. The molecule has 0 radical (unpaired) electrons. The topological polar surface area (TPSA) is 44.4 Å². The van der Waals surface area contributed by atoms with E-state index in [-0.39, 0.29) is 11.9 Å². The molecule has 116 valence electrons. The van der Waals surface area contributed by atoms with Gasteiger partial charge in [0, 0.05) is 18.6 Å². The van der Waals surface area contributed by atoms with E-state index in [2.05, 4.69) is 36.3 Å². The number of nitrogens with one attached hydrogen (secondary N) is 2. The van der Waals surface area contributed by atoms with Gasteiger partial charge in [0.05, 0.1) is 6.04 Å². The Bertz CT molecular complexity index is 313. The van der Waals surface area contributed by atoms with Crippen LogP contribution in [0.3, 0.4) is 0 Å². The zero-order valence-electron chi connectivity index (χ0n) is 13.3. The summed E-state index contributed by atoms with van der Waals surface area (Å²) in [7, 11) is 0. The molecule has 2 aliphatic rings. The number of hydrogen-bond acceptors (Lipinski definition) is 3. The Morgan fingerprint density at radius 2 is 2.05 bits per heavy atom. The fourth-order valence-corrected chi connectivity index (χ4v) is 3.54. The first-order valence-corrected chi connectivity index (χ1v) is 8.36. The third-order valence-electron chi connectivity index (χ3n) is 4.72. The van der Waals surface area contributed by atoms with Crippen molar-refractivity contribution in [1.29, 1.82) is 0 Å². The normalized spacial score (nSPS) is 29.6. The van der Waals surface area contributed by atoms with Gasteiger partial charge in [-0.3, -0.25) is 9.69 Å². The number of carbonyl (C=O) groups excluding carboxylic acids is 1. The first-order chi connectivity index (χ1) is 9.59. The van der Waals surface area contributed by atoms with Crippen LogP contribution >= 0.6 is 0 Å². The van der Waals surface area contributed by atoms with Crippen LogP contribution in [0.1, 0.15) is 52.9 Å². The zero-order chi connectivity index (χ0) is 14.5. The second kappa shape index (κ2) is 7.41. The number of carbonyl (C=O) groups is 1. The van der Waals surface area contributed by atoms with Crippen molar-refractivity contribution in [3.8, 4) is 0 Å². The predicted molar refractivity (Wildman–Crippen MR) is 82.7 cm³/mol. The summed E-state index contributed by atoms with van der Waals surface area (Å²) in [6, 6.07) is 1.14. The fraction of sp³-hybridized carbons (Fsp3) is 0.938. The van der Waals surface area contributed by atoms with Crippen LogP contribution < -0.4 is 10.6 Å². The van der Waals surface area contributed by atoms with Gasteiger partial charge >= 0.3 is 0 Å². The summed E-state index contributed by atoms with van der Waals surface area (Å²) < 4.78 is 0. The largest absolute Gasteiger partial charge is 0.354 e. The van der Waals surface area contributed by atoms with Gasteiger partial charge in [-0.2, -0.15) is 0 Å². The Morgan fingerprint density at radius 1 is 1.25 bits per heavy atom. The van der Waals surface area contributed by atoms with Gasteiger partial charge < -0.3 is 10.6 Å². The van der Waals surface area contributed by atoms with E-state index in [0.717, 1.165) is 19.6 Å². The van der Waals surface area contributed by atoms with Crippen molar-refractivity contribution >= 4 is 5.91 Å². The molecule has 2 N–H and O–H groups in total. The van der Waals surface area contributed by atoms with E-state index in [9.17, 15) is 4.79 Å². The molecule has 2 heterocycles. The number of hydrogen-bond donors (Lipinski definition) is 2. The second-order valence-corrected chi connectivity index (χ2v) is 6.82. The third kappa shape index (κ3) is 3.95. The minimum absolute atomic E-state index is 0.00134. The zero-order valence-corrected chi connectivity index (χ0v) is 13.3. The first kappa shape index (κ1) is 15.8. The van der Waals surface area contributed by atoms with Crippen molar-refractivity contribution in [3.63, 3.8) is 0 Å². The smallest absolute Gasteiger partial charge is 0.237 e. The Morgan fingerprint density at radius 3 is 2.70 bits per heavy atom. The van der Waals surface area contributed by atoms with Gasteiger partial charge in [-0.25, -0.2) is 0 Å². The van der Waals surface area contributed by atoms with Gasteiger partial charge in [-0.05, 0) is 51.6 Å². The molecule has 0 saturated carbocycles. The Labute approximate surface area is 123 Å². The maximum absolute atomic E-state index is 12.3. The van der Waals surface area contributed by atoms with Crippen LogP contribution in [-0.2, 0) is 4.79 Å². The summed E-state index contributed by atoms with van der Waals surface area (Å²) in [5, 5.41) is 6.72. The molecular weight excluding hydrogens is 250 g/mol. The molecule has 2 fully saturated rings. The van der Waals surface area contributed by atoms with E-state index < -0.39 is 0 Å². The third-order valence-corrected chi connectivity index (χ3v) is 4.72. The lowest BCUT2D eigenvalue weighted by Gasteiger charge is -2.42. The van der Waals surface area contributed by atoms with Crippen molar-refractivity contribution in [2.75, 3.05) is 19.6 Å². The SMILES string of the molecule is CC(C)CNC(=O)C(C)N1CCCCC1C1CCCN1. The molecule has 0 spiro atoms. The maximum atomic E-state index is 12.3. The standard InChI is InChI=1S/C16H31N3O/c1-12(2)11-18-16(20)13(3)19-10-5-4-8-15(19)14-7-6-9-17-14/h12-15,17H,4-11H2,1-3H3,(H,18,20). The first-order valence-electron chi connectivity index (χ1n) is 8.36. The van der Waals surface area contributed by atoms with Gasteiger partial charge in [0.25, 0.3) is 0 Å². The van der Waals surface area contributed by atoms with Crippen LogP contribution in [0.15, 0.2) is 0 Å². The van der Waals surface area contributed by atoms with Crippen LogP contribution in [0.5, 0.6) is 0 Å². The molecule has 0 aromatic heterocycles. The monoisotopic (exact) mass is 281 g/mol. The number of piperidine rings is 1. The highest BCUT2D eigenvalue weighted by atomic mass is 16.2. The number of amides is 1. The summed E-state index contributed by atoms with van der Waals surface area (Å²) in [5.41, 5.74) is 0. The van der Waals surface area contributed by atoms with Crippen molar-refractivity contribution < 1.29 is 4.79 Å². The summed E-state index contributed by atoms with van der Waals surface area (Å²) in [4.78, 5) is 14.8. The summed E-state index contributed by atoms with van der Waals surface area (Å²) in [6.07, 6.45) is 6.31. The molecule has 20 heavy (non-hydrogen) atoms. The molecular formula is C16H31N3O. The summed E-state index contributed by atoms with van der Waals surface area (Å²) in [6.45, 7) is 9.34. The average molecular weight is 281 g/mol. The molecule has 2 saturated heterocycles. The summed E-state index contributed by atoms with van der Waals surface area (Å²) >= 11 is 0. The highest BCUT2D eigenvalue weighted by molar-refractivity contribution is 5.81. The van der Waals surface area contributed by atoms with E-state index in [4.69, 9.17) is 0 Å². The van der Waals surface area contributed by atoms with E-state index in [1.807, 2.05) is 0 Å². The molecule has 3 unspecified atom stereocenters. The van der Waals surface area contributed by atoms with Crippen LogP contribution in [0, 0.1) is 5.92 Å². The molecule has 0 aliphatic carbocycles. The number of likely N-dealkylation sites (tertiary alicyclic amines) is 1. The molecule has 0 aromatic carbocycles. The van der Waals surface area contributed by atoms with Gasteiger partial charge in [0.2, 0.25) is 5.91 Å². The fourth-order valence-electron chi connectivity index (χ4n) is 3.54. The molecule has 2 aliphatic heterocycles. The van der Waals surface area contributed by atoms with Crippen molar-refractivity contribution in [3.05, 3.63) is 0 Å². The molecule has 0 aromatic rings. The highest BCUT2D eigenvalue weighted by Crippen LogP contribution is 2.26. The van der Waals surface area contributed by atoms with Crippen LogP contribution in [0.25, 0.3) is 0 Å². The van der Waals surface area contributed by atoms with Crippen molar-refractivity contribution in [2.45, 2.75) is 71.0 Å². The van der Waals surface area contributed by atoms with Crippen molar-refractivity contribution in [2.24, 2.45) is 5.92 Å². The van der Waals surface area contributed by atoms with Gasteiger partial charge in [-0.15, -0.1) is 0 Å². The van der Waals surface area contributed by atoms with Crippen molar-refractivity contribution in [1.82, 2.24) is 15.5 Å². The quantitative estimate of drug-likeness (QED) is 0.807. The molecule has 1 amide bonds. The van der Waals surface area contributed by atoms with Gasteiger partial charge in [0.15, 0.2) is 0 Å². The van der Waals surface area contributed by atoms with E-state index >= 15 is 0 Å². The number of nitrogens with zero attached hydrogens (tertiary/aromatic N) is 1. The van der Waals surface area contributed by atoms with E-state index in [0.29, 0.717) is 18.0 Å². The van der Waals surface area contributed by atoms with Gasteiger partial charge in [-0.1, -0.05) is 20.3 Å². The lowest BCUT2D eigenvalue weighted by Crippen LogP contribution is -2.57. The predicted octanol–water partition coefficient (Wildman–Crippen LogP) is 1.75. The minimum Gasteiger partial charge on any atom is -0.354 e. The number of rotatable bonds is 5. The lowest BCUT2D eigenvalue weighted by molar-refractivity contribution is -0.127. The second-order valence-electron chi connectivity index (χ2n) is 6.82. The lowest BCUT2D eigenvalue weighted by atomic mass is 9.93. The molecule has 2 rings (SSSR count). The maximum Gasteiger partial charge on any atom is 0.237 e. The average Bonchev–Trinajstić information content (AvgIpc) is 2.98. The minimum atomic E-state index is 0.00134. The van der Waals surface area contributed by atoms with Crippen LogP contribution in [0.4, 0.5) is 0 Å². The van der Waals surface area contributed by atoms with Gasteiger partial charge in [0.1, 0.15) is 0 Å². The van der Waals surface area contributed by atoms with Crippen LogP contribution in [0.2, 0.25) is 0 Å². The Balaban J connectivity index is 1.93. The molecule has 4 heteroatoms. The Hall–Kier alpha value is -0.610. The van der Waals surface area contributed by atoms with E-state index in [1.54, 1.807) is 0 Å². The molecule has 4 nitrogen and oxygen atoms in total. The Kier molecular flexibility index (Phi) is 5.85. The highest BCUT2D eigenvalue weighted by Gasteiger charge is 2.35.